The van der Waals surface area contributed by atoms with Crippen LogP contribution in [0.25, 0.3) is 11.1 Å². The van der Waals surface area contributed by atoms with Gasteiger partial charge < -0.3 is 0 Å². The lowest BCUT2D eigenvalue weighted by atomic mass is 9.95. The van der Waals surface area contributed by atoms with Crippen LogP contribution in [0.3, 0.4) is 0 Å². The molecule has 0 saturated carbocycles. The van der Waals surface area contributed by atoms with E-state index in [2.05, 4.69) is 0 Å². The smallest absolute Gasteiger partial charge is 0.203 e. The summed E-state index contributed by atoms with van der Waals surface area (Å²) >= 11 is 5.44. The van der Waals surface area contributed by atoms with Gasteiger partial charge in [-0.3, -0.25) is 0 Å². The number of rotatable bonds is 2. The molecule has 2 rings (SSSR count). The Bertz CT molecular complexity index is 737. The van der Waals surface area contributed by atoms with Gasteiger partial charge >= 0.3 is 6.18 Å². The minimum Gasteiger partial charge on any atom is -0.203 e. The van der Waals surface area contributed by atoms with E-state index in [4.69, 9.17) is 11.6 Å². The largest absolute Gasteiger partial charge is 0.417 e. The number of hydrogen-bond donors (Lipinski definition) is 0. The van der Waals surface area contributed by atoms with Gasteiger partial charge in [0.15, 0.2) is 23.3 Å². The van der Waals surface area contributed by atoms with E-state index in [1.54, 1.807) is 0 Å². The summed E-state index contributed by atoms with van der Waals surface area (Å²) in [6.45, 7) is 0. The summed E-state index contributed by atoms with van der Waals surface area (Å²) in [5.74, 6) is -12.1. The normalized spacial score (nSPS) is 11.9. The van der Waals surface area contributed by atoms with Crippen LogP contribution in [0, 0.1) is 29.1 Å². The van der Waals surface area contributed by atoms with E-state index in [9.17, 15) is 35.1 Å². The molecule has 124 valence electrons. The van der Waals surface area contributed by atoms with Crippen LogP contribution in [-0.2, 0) is 12.1 Å². The third-order valence-corrected chi connectivity index (χ3v) is 3.33. The Morgan fingerprint density at radius 1 is 0.783 bits per heavy atom. The van der Waals surface area contributed by atoms with Crippen LogP contribution in [0.2, 0.25) is 0 Å². The van der Waals surface area contributed by atoms with Crippen LogP contribution < -0.4 is 0 Å². The van der Waals surface area contributed by atoms with Gasteiger partial charge in [0, 0.05) is 11.4 Å². The second-order valence-electron chi connectivity index (χ2n) is 4.46. The van der Waals surface area contributed by atoms with Crippen molar-refractivity contribution >= 4 is 11.6 Å². The summed E-state index contributed by atoms with van der Waals surface area (Å²) in [6, 6.07) is 2.03. The molecule has 0 aliphatic rings. The lowest BCUT2D eigenvalue weighted by molar-refractivity contribution is -0.137. The van der Waals surface area contributed by atoms with Gasteiger partial charge in [-0.2, -0.15) is 13.2 Å². The molecule has 0 bridgehead atoms. The molecule has 23 heavy (non-hydrogen) atoms. The number of alkyl halides is 4. The molecule has 0 amide bonds. The summed E-state index contributed by atoms with van der Waals surface area (Å²) < 4.78 is 106. The van der Waals surface area contributed by atoms with Gasteiger partial charge in [-0.25, -0.2) is 22.0 Å². The van der Waals surface area contributed by atoms with Crippen LogP contribution in [0.4, 0.5) is 35.1 Å². The SMILES string of the molecule is Fc1c(F)c(F)c(-c2cc(CCl)ccc2C(F)(F)F)c(F)c1F. The summed E-state index contributed by atoms with van der Waals surface area (Å²) in [5.41, 5.74) is -4.36. The third kappa shape index (κ3) is 2.99. The molecule has 2 aromatic rings. The molecule has 0 nitrogen and oxygen atoms in total. The van der Waals surface area contributed by atoms with Crippen molar-refractivity contribution in [1.29, 1.82) is 0 Å². The van der Waals surface area contributed by atoms with Crippen LogP contribution in [-0.4, -0.2) is 0 Å². The Balaban J connectivity index is 2.92. The summed E-state index contributed by atoms with van der Waals surface area (Å²) in [4.78, 5) is 0. The Kier molecular flexibility index (Phi) is 4.57. The van der Waals surface area contributed by atoms with Gasteiger partial charge in [-0.1, -0.05) is 6.07 Å². The zero-order chi connectivity index (χ0) is 17.5. The van der Waals surface area contributed by atoms with Gasteiger partial charge in [0.05, 0.1) is 11.1 Å². The van der Waals surface area contributed by atoms with Gasteiger partial charge in [0.1, 0.15) is 0 Å². The van der Waals surface area contributed by atoms with E-state index in [0.29, 0.717) is 12.1 Å². The predicted octanol–water partition coefficient (Wildman–Crippen LogP) is 5.81. The van der Waals surface area contributed by atoms with Crippen molar-refractivity contribution in [2.45, 2.75) is 12.1 Å². The monoisotopic (exact) mass is 360 g/mol. The van der Waals surface area contributed by atoms with E-state index in [0.717, 1.165) is 6.07 Å². The maximum atomic E-state index is 13.8. The van der Waals surface area contributed by atoms with Crippen LogP contribution in [0.15, 0.2) is 18.2 Å². The molecule has 0 fully saturated rings. The van der Waals surface area contributed by atoms with Gasteiger partial charge in [0.2, 0.25) is 5.82 Å². The fraction of sp³-hybridized carbons (Fsp3) is 0.143. The van der Waals surface area contributed by atoms with E-state index < -0.39 is 52.0 Å². The minimum atomic E-state index is -5.07. The highest BCUT2D eigenvalue weighted by molar-refractivity contribution is 6.17. The molecule has 0 atom stereocenters. The first-order valence-corrected chi connectivity index (χ1v) is 6.41. The van der Waals surface area contributed by atoms with Crippen molar-refractivity contribution in [2.24, 2.45) is 0 Å². The van der Waals surface area contributed by atoms with Gasteiger partial charge in [-0.05, 0) is 17.7 Å². The van der Waals surface area contributed by atoms with Crippen molar-refractivity contribution in [2.75, 3.05) is 0 Å². The van der Waals surface area contributed by atoms with Crippen LogP contribution in [0.5, 0.6) is 0 Å². The fourth-order valence-corrected chi connectivity index (χ4v) is 2.14. The number of hydrogen-bond acceptors (Lipinski definition) is 0. The molecule has 0 aliphatic heterocycles. The molecule has 2 aromatic carbocycles. The lowest BCUT2D eigenvalue weighted by Crippen LogP contribution is -2.11. The molecule has 0 aliphatic carbocycles. The maximum Gasteiger partial charge on any atom is 0.417 e. The molecular weight excluding hydrogens is 356 g/mol. The number of benzene rings is 2. The van der Waals surface area contributed by atoms with Gasteiger partial charge in [0.25, 0.3) is 0 Å². The van der Waals surface area contributed by atoms with Crippen molar-refractivity contribution in [1.82, 2.24) is 0 Å². The summed E-state index contributed by atoms with van der Waals surface area (Å²) in [5, 5.41) is 0. The average Bonchev–Trinajstić information content (AvgIpc) is 2.50. The minimum absolute atomic E-state index is 0.0126. The van der Waals surface area contributed by atoms with Crippen molar-refractivity contribution in [3.8, 4) is 11.1 Å². The standard InChI is InChI=1S/C14H5ClF8/c15-4-5-1-2-7(14(21,22)23)6(3-5)8-9(16)11(18)13(20)12(19)10(8)17/h1-3H,4H2. The van der Waals surface area contributed by atoms with Crippen LogP contribution >= 0.6 is 11.6 Å². The summed E-state index contributed by atoms with van der Waals surface area (Å²) in [6.07, 6.45) is -5.07. The highest BCUT2D eigenvalue weighted by atomic mass is 35.5. The Morgan fingerprint density at radius 3 is 1.70 bits per heavy atom. The molecule has 0 unspecified atom stereocenters. The lowest BCUT2D eigenvalue weighted by Gasteiger charge is -2.16. The highest BCUT2D eigenvalue weighted by Crippen LogP contribution is 2.41. The molecule has 0 aromatic heterocycles. The third-order valence-electron chi connectivity index (χ3n) is 3.02. The number of halogens is 9. The average molecular weight is 361 g/mol. The van der Waals surface area contributed by atoms with E-state index in [1.807, 2.05) is 0 Å². The van der Waals surface area contributed by atoms with E-state index >= 15 is 0 Å². The molecule has 0 N–H and O–H groups in total. The van der Waals surface area contributed by atoms with Crippen molar-refractivity contribution in [3.63, 3.8) is 0 Å². The first-order valence-electron chi connectivity index (χ1n) is 5.87. The maximum absolute atomic E-state index is 13.8. The van der Waals surface area contributed by atoms with Crippen molar-refractivity contribution in [3.05, 3.63) is 58.4 Å². The van der Waals surface area contributed by atoms with E-state index in [1.165, 1.54) is 0 Å². The summed E-state index contributed by atoms with van der Waals surface area (Å²) in [7, 11) is 0. The first kappa shape index (κ1) is 17.5. The molecular formula is C14H5ClF8. The molecule has 0 radical (unpaired) electrons. The molecule has 0 spiro atoms. The quantitative estimate of drug-likeness (QED) is 0.274. The molecule has 0 heterocycles. The Hall–Kier alpha value is -1.83. The molecule has 0 saturated heterocycles. The Labute approximate surface area is 129 Å². The second-order valence-corrected chi connectivity index (χ2v) is 4.72. The highest BCUT2D eigenvalue weighted by Gasteiger charge is 2.37. The topological polar surface area (TPSA) is 0 Å². The van der Waals surface area contributed by atoms with Crippen molar-refractivity contribution < 1.29 is 35.1 Å². The zero-order valence-corrected chi connectivity index (χ0v) is 11.6. The first-order chi connectivity index (χ1) is 10.6. The Morgan fingerprint density at radius 2 is 1.26 bits per heavy atom. The second kappa shape index (κ2) is 5.99. The van der Waals surface area contributed by atoms with E-state index in [-0.39, 0.29) is 11.4 Å². The predicted molar refractivity (Wildman–Crippen MR) is 66.2 cm³/mol. The van der Waals surface area contributed by atoms with Gasteiger partial charge in [-0.15, -0.1) is 11.6 Å². The fourth-order valence-electron chi connectivity index (χ4n) is 1.97. The van der Waals surface area contributed by atoms with Crippen LogP contribution in [0.1, 0.15) is 11.1 Å². The zero-order valence-electron chi connectivity index (χ0n) is 10.8. The molecule has 9 heteroatoms.